The Balaban J connectivity index is 1.55. The zero-order valence-corrected chi connectivity index (χ0v) is 18.0. The van der Waals surface area contributed by atoms with E-state index in [1.54, 1.807) is 18.2 Å². The van der Waals surface area contributed by atoms with Crippen LogP contribution >= 0.6 is 0 Å². The number of anilines is 2. The monoisotopic (exact) mass is 435 g/mol. The minimum Gasteiger partial charge on any atom is -0.495 e. The molecule has 4 rings (SSSR count). The summed E-state index contributed by atoms with van der Waals surface area (Å²) in [5.41, 5.74) is 1.54. The van der Waals surface area contributed by atoms with Crippen LogP contribution in [0.5, 0.6) is 5.75 Å². The fourth-order valence-electron chi connectivity index (χ4n) is 3.65. The highest BCUT2D eigenvalue weighted by Crippen LogP contribution is 2.28. The summed E-state index contributed by atoms with van der Waals surface area (Å²) in [7, 11) is 3.61. The fraction of sp³-hybridized carbons (Fsp3) is 0.318. The molecule has 2 aromatic heterocycles. The second-order valence-corrected chi connectivity index (χ2v) is 7.69. The van der Waals surface area contributed by atoms with Crippen molar-refractivity contribution in [1.82, 2.24) is 30.4 Å². The third-order valence-electron chi connectivity index (χ3n) is 5.51. The van der Waals surface area contributed by atoms with Crippen molar-refractivity contribution in [1.29, 1.82) is 0 Å². The van der Waals surface area contributed by atoms with E-state index in [1.165, 1.54) is 19.4 Å². The standard InChI is InChI=1S/C22H25N7O3/c1-4-16-19-15(21(31)28-27-16)12-23-22(26-19)25-17-6-5-13(11-18(17)32-3)20(30)24-14-7-9-29(2)10-8-14/h4-6,11-12,14H,1,7-10H2,2-3H3,(H,24,30)(H,28,31)(H,23,25,26). The van der Waals surface area contributed by atoms with Crippen LogP contribution in [0, 0.1) is 0 Å². The number of aromatic nitrogens is 4. The maximum absolute atomic E-state index is 12.7. The summed E-state index contributed by atoms with van der Waals surface area (Å²) < 4.78 is 5.48. The van der Waals surface area contributed by atoms with Gasteiger partial charge in [-0.1, -0.05) is 6.58 Å². The van der Waals surface area contributed by atoms with Crippen molar-refractivity contribution < 1.29 is 9.53 Å². The highest BCUT2D eigenvalue weighted by atomic mass is 16.5. The van der Waals surface area contributed by atoms with Crippen LogP contribution in [0.25, 0.3) is 17.0 Å². The number of H-pyrrole nitrogens is 1. The number of carbonyl (C=O) groups is 1. The number of ether oxygens (including phenoxy) is 1. The molecule has 1 aliphatic heterocycles. The lowest BCUT2D eigenvalue weighted by atomic mass is 10.0. The summed E-state index contributed by atoms with van der Waals surface area (Å²) in [6, 6.07) is 5.30. The zero-order valence-electron chi connectivity index (χ0n) is 18.0. The summed E-state index contributed by atoms with van der Waals surface area (Å²) in [6.45, 7) is 5.64. The van der Waals surface area contributed by atoms with E-state index < -0.39 is 0 Å². The van der Waals surface area contributed by atoms with Gasteiger partial charge < -0.3 is 20.3 Å². The molecule has 1 aromatic carbocycles. The molecule has 0 saturated carbocycles. The summed E-state index contributed by atoms with van der Waals surface area (Å²) in [4.78, 5) is 35.5. The number of fused-ring (bicyclic) bond motifs is 1. The van der Waals surface area contributed by atoms with Crippen molar-refractivity contribution in [2.24, 2.45) is 0 Å². The molecule has 166 valence electrons. The summed E-state index contributed by atoms with van der Waals surface area (Å²) in [5.74, 6) is 0.597. The first-order valence-electron chi connectivity index (χ1n) is 10.3. The average molecular weight is 435 g/mol. The van der Waals surface area contributed by atoms with Crippen molar-refractivity contribution in [2.75, 3.05) is 32.6 Å². The molecule has 0 unspecified atom stereocenters. The number of nitrogens with zero attached hydrogens (tertiary/aromatic N) is 4. The van der Waals surface area contributed by atoms with Gasteiger partial charge in [0, 0.05) is 17.8 Å². The summed E-state index contributed by atoms with van der Waals surface area (Å²) in [5, 5.41) is 12.8. The molecule has 3 aromatic rings. The number of piperidine rings is 1. The van der Waals surface area contributed by atoms with E-state index in [-0.39, 0.29) is 23.5 Å². The minimum atomic E-state index is -0.380. The number of aromatic amines is 1. The highest BCUT2D eigenvalue weighted by molar-refractivity contribution is 5.95. The maximum Gasteiger partial charge on any atom is 0.275 e. The van der Waals surface area contributed by atoms with Crippen LogP contribution in [-0.4, -0.2) is 64.3 Å². The van der Waals surface area contributed by atoms with Crippen LogP contribution in [-0.2, 0) is 0 Å². The highest BCUT2D eigenvalue weighted by Gasteiger charge is 2.20. The van der Waals surface area contributed by atoms with Gasteiger partial charge in [0.15, 0.2) is 0 Å². The van der Waals surface area contributed by atoms with E-state index in [4.69, 9.17) is 4.74 Å². The number of amides is 1. The molecular formula is C22H25N7O3. The van der Waals surface area contributed by atoms with Gasteiger partial charge >= 0.3 is 0 Å². The molecule has 3 heterocycles. The number of carbonyl (C=O) groups excluding carboxylic acids is 1. The number of methoxy groups -OCH3 is 1. The summed E-state index contributed by atoms with van der Waals surface area (Å²) in [6.07, 6.45) is 4.80. The molecule has 32 heavy (non-hydrogen) atoms. The van der Waals surface area contributed by atoms with Crippen LogP contribution in [0.2, 0.25) is 0 Å². The van der Waals surface area contributed by atoms with Gasteiger partial charge in [-0.05, 0) is 57.3 Å². The Hall–Kier alpha value is -3.79. The molecule has 0 radical (unpaired) electrons. The maximum atomic E-state index is 12.7. The Morgan fingerprint density at radius 2 is 2.12 bits per heavy atom. The van der Waals surface area contributed by atoms with Gasteiger partial charge in [-0.15, -0.1) is 0 Å². The van der Waals surface area contributed by atoms with Gasteiger partial charge in [0.1, 0.15) is 17.0 Å². The number of benzene rings is 1. The first-order chi connectivity index (χ1) is 15.5. The van der Waals surface area contributed by atoms with Crippen LogP contribution < -0.4 is 20.9 Å². The van der Waals surface area contributed by atoms with Crippen LogP contribution in [0.4, 0.5) is 11.6 Å². The number of nitrogens with one attached hydrogen (secondary N) is 3. The second-order valence-electron chi connectivity index (χ2n) is 7.69. The minimum absolute atomic E-state index is 0.132. The molecule has 0 aliphatic carbocycles. The fourth-order valence-corrected chi connectivity index (χ4v) is 3.65. The van der Waals surface area contributed by atoms with Gasteiger partial charge in [-0.25, -0.2) is 15.1 Å². The molecule has 10 nitrogen and oxygen atoms in total. The van der Waals surface area contributed by atoms with Crippen molar-refractivity contribution >= 4 is 34.5 Å². The van der Waals surface area contributed by atoms with Gasteiger partial charge in [-0.3, -0.25) is 9.59 Å². The first-order valence-corrected chi connectivity index (χ1v) is 10.3. The van der Waals surface area contributed by atoms with E-state index in [0.717, 1.165) is 25.9 Å². The van der Waals surface area contributed by atoms with Gasteiger partial charge in [0.05, 0.1) is 18.2 Å². The van der Waals surface area contributed by atoms with Crippen LogP contribution in [0.1, 0.15) is 28.9 Å². The summed E-state index contributed by atoms with van der Waals surface area (Å²) >= 11 is 0. The molecule has 1 fully saturated rings. The van der Waals surface area contributed by atoms with Gasteiger partial charge in [-0.2, -0.15) is 5.10 Å². The zero-order chi connectivity index (χ0) is 22.7. The Kier molecular flexibility index (Phi) is 6.13. The lowest BCUT2D eigenvalue weighted by Crippen LogP contribution is -2.43. The predicted molar refractivity (Wildman–Crippen MR) is 122 cm³/mol. The number of rotatable bonds is 6. The molecule has 0 spiro atoms. The lowest BCUT2D eigenvalue weighted by molar-refractivity contribution is 0.0916. The third kappa shape index (κ3) is 4.45. The molecule has 0 atom stereocenters. The second kappa shape index (κ2) is 9.15. The van der Waals surface area contributed by atoms with Crippen LogP contribution in [0.3, 0.4) is 0 Å². The molecule has 1 aliphatic rings. The molecule has 1 saturated heterocycles. The lowest BCUT2D eigenvalue weighted by Gasteiger charge is -2.29. The van der Waals surface area contributed by atoms with E-state index in [1.807, 2.05) is 0 Å². The number of hydrogen-bond acceptors (Lipinski definition) is 8. The number of likely N-dealkylation sites (tertiary alicyclic amines) is 1. The Labute approximate surface area is 184 Å². The quantitative estimate of drug-likeness (QED) is 0.536. The third-order valence-corrected chi connectivity index (χ3v) is 5.51. The van der Waals surface area contributed by atoms with E-state index >= 15 is 0 Å². The largest absolute Gasteiger partial charge is 0.495 e. The number of hydrogen-bond donors (Lipinski definition) is 3. The van der Waals surface area contributed by atoms with Crippen molar-refractivity contribution in [3.8, 4) is 5.75 Å². The predicted octanol–water partition coefficient (Wildman–Crippen LogP) is 1.93. The van der Waals surface area contributed by atoms with Crippen molar-refractivity contribution in [3.63, 3.8) is 0 Å². The van der Waals surface area contributed by atoms with Crippen LogP contribution in [0.15, 0.2) is 35.8 Å². The Morgan fingerprint density at radius 1 is 1.34 bits per heavy atom. The van der Waals surface area contributed by atoms with Gasteiger partial charge in [0.25, 0.3) is 11.5 Å². The normalized spacial score (nSPS) is 14.8. The topological polar surface area (TPSA) is 125 Å². The molecule has 3 N–H and O–H groups in total. The molecule has 1 amide bonds. The van der Waals surface area contributed by atoms with Gasteiger partial charge in [0.2, 0.25) is 5.95 Å². The van der Waals surface area contributed by atoms with E-state index in [9.17, 15) is 9.59 Å². The molecule has 0 bridgehead atoms. The van der Waals surface area contributed by atoms with Crippen molar-refractivity contribution in [3.05, 3.63) is 52.6 Å². The van der Waals surface area contributed by atoms with E-state index in [0.29, 0.717) is 33.6 Å². The molecule has 10 heteroatoms. The average Bonchev–Trinajstić information content (AvgIpc) is 2.81. The van der Waals surface area contributed by atoms with E-state index in [2.05, 4.69) is 49.3 Å². The SMILES string of the molecule is C=Cc1n[nH]c(=O)c2cnc(Nc3ccc(C(=O)NC4CCN(C)CC4)cc3OC)nc12. The smallest absolute Gasteiger partial charge is 0.275 e. The Morgan fingerprint density at radius 3 is 2.84 bits per heavy atom. The van der Waals surface area contributed by atoms with Crippen molar-refractivity contribution in [2.45, 2.75) is 18.9 Å². The molecular weight excluding hydrogens is 410 g/mol. The Bertz CT molecular complexity index is 1220. The first kappa shape index (κ1) is 21.4.